The highest BCUT2D eigenvalue weighted by Crippen LogP contribution is 2.39. The van der Waals surface area contributed by atoms with Crippen LogP contribution in [0.25, 0.3) is 10.8 Å². The third kappa shape index (κ3) is 2.73. The Morgan fingerprint density at radius 3 is 2.72 bits per heavy atom. The lowest BCUT2D eigenvalue weighted by molar-refractivity contribution is 0.183. The topological polar surface area (TPSA) is 102 Å². The maximum Gasteiger partial charge on any atom is 0.304 e. The predicted molar refractivity (Wildman–Crippen MR) is 91.2 cm³/mol. The molecular formula is C16H18FN3O4S. The Morgan fingerprint density at radius 2 is 2.08 bits per heavy atom. The van der Waals surface area contributed by atoms with Gasteiger partial charge >= 0.3 is 10.2 Å². The normalized spacial score (nSPS) is 25.8. The molecule has 2 aromatic carbocycles. The van der Waals surface area contributed by atoms with Gasteiger partial charge in [-0.25, -0.2) is 8.70 Å². The molecule has 134 valence electrons. The van der Waals surface area contributed by atoms with Crippen LogP contribution in [0, 0.1) is 5.82 Å². The lowest BCUT2D eigenvalue weighted by atomic mass is 9.95. The third-order valence-electron chi connectivity index (χ3n) is 4.75. The molecule has 9 heteroatoms. The monoisotopic (exact) mass is 367 g/mol. The van der Waals surface area contributed by atoms with E-state index in [0.717, 1.165) is 25.1 Å². The summed E-state index contributed by atoms with van der Waals surface area (Å²) >= 11 is 0. The number of hydrogen-bond donors (Lipinski definition) is 4. The van der Waals surface area contributed by atoms with Crippen molar-refractivity contribution in [1.82, 2.24) is 10.0 Å². The number of anilines is 1. The molecule has 0 aliphatic carbocycles. The van der Waals surface area contributed by atoms with Crippen LogP contribution in [0.5, 0.6) is 5.75 Å². The third-order valence-corrected chi connectivity index (χ3v) is 6.23. The summed E-state index contributed by atoms with van der Waals surface area (Å²) in [6.45, 7) is 1.35. The minimum absolute atomic E-state index is 0.244. The average Bonchev–Trinajstić information content (AvgIpc) is 3.15. The van der Waals surface area contributed by atoms with Gasteiger partial charge in [0, 0.05) is 11.9 Å². The molecule has 0 amide bonds. The molecule has 0 bridgehead atoms. The van der Waals surface area contributed by atoms with E-state index >= 15 is 4.39 Å². The smallest absolute Gasteiger partial charge is 0.304 e. The lowest BCUT2D eigenvalue weighted by Gasteiger charge is -2.19. The van der Waals surface area contributed by atoms with Crippen LogP contribution in [0.4, 0.5) is 10.1 Å². The Hall–Kier alpha value is -1.94. The zero-order valence-electron chi connectivity index (χ0n) is 13.2. The van der Waals surface area contributed by atoms with E-state index in [1.807, 2.05) is 10.8 Å². The molecule has 2 fully saturated rings. The van der Waals surface area contributed by atoms with E-state index in [4.69, 9.17) is 0 Å². The Kier molecular flexibility index (Phi) is 3.84. The predicted octanol–water partition coefficient (Wildman–Crippen LogP) is 0.734. The van der Waals surface area contributed by atoms with Gasteiger partial charge in [0.05, 0.1) is 6.54 Å². The van der Waals surface area contributed by atoms with E-state index in [1.165, 1.54) is 6.07 Å². The summed E-state index contributed by atoms with van der Waals surface area (Å²) in [5.74, 6) is -1.03. The number of nitrogens with zero attached hydrogens (tertiary/aromatic N) is 1. The van der Waals surface area contributed by atoms with Gasteiger partial charge < -0.3 is 15.5 Å². The zero-order chi connectivity index (χ0) is 17.8. The van der Waals surface area contributed by atoms with Crippen LogP contribution in [0.3, 0.4) is 0 Å². The van der Waals surface area contributed by atoms with Gasteiger partial charge in [-0.05, 0) is 42.0 Å². The molecule has 2 aromatic rings. The Bertz CT molecular complexity index is 944. The summed E-state index contributed by atoms with van der Waals surface area (Å²) in [7, 11) is -4.11. The van der Waals surface area contributed by atoms with Crippen LogP contribution < -0.4 is 14.3 Å². The molecule has 2 aliphatic heterocycles. The van der Waals surface area contributed by atoms with Gasteiger partial charge in [-0.2, -0.15) is 13.1 Å². The van der Waals surface area contributed by atoms with Crippen LogP contribution in [0.15, 0.2) is 24.3 Å². The van der Waals surface area contributed by atoms with Crippen molar-refractivity contribution in [3.63, 3.8) is 0 Å². The summed E-state index contributed by atoms with van der Waals surface area (Å²) in [5.41, 5.74) is 0.522. The van der Waals surface area contributed by atoms with Crippen molar-refractivity contribution in [2.75, 3.05) is 23.9 Å². The van der Waals surface area contributed by atoms with Crippen molar-refractivity contribution >= 4 is 26.7 Å². The Morgan fingerprint density at radius 1 is 1.28 bits per heavy atom. The number of fused-ring (bicyclic) bond motifs is 1. The number of benzene rings is 2. The van der Waals surface area contributed by atoms with Crippen molar-refractivity contribution in [1.29, 1.82) is 0 Å². The first-order chi connectivity index (χ1) is 11.9. The van der Waals surface area contributed by atoms with Crippen LogP contribution >= 0.6 is 0 Å². The molecular weight excluding hydrogens is 349 g/mol. The minimum Gasteiger partial charge on any atom is -0.506 e. The van der Waals surface area contributed by atoms with Gasteiger partial charge in [-0.3, -0.25) is 0 Å². The second kappa shape index (κ2) is 5.80. The number of phenolic OH excluding ortho intramolecular Hbond substituents is 1. The molecule has 2 unspecified atom stereocenters. The standard InChI is InChI=1S/C16H18FN3O4S/c17-15-12-5-9(11-3-4-18-7-11)1-2-10(12)6-13(21)16(15)20-8-14(22)19-25(20,23)24/h1-2,5-6,11,14,18-19,21-22H,3-4,7-8H2. The largest absolute Gasteiger partial charge is 0.506 e. The molecule has 4 N–H and O–H groups in total. The lowest BCUT2D eigenvalue weighted by Crippen LogP contribution is -2.30. The maximum atomic E-state index is 15.1. The highest BCUT2D eigenvalue weighted by atomic mass is 32.2. The van der Waals surface area contributed by atoms with Gasteiger partial charge in [-0.15, -0.1) is 0 Å². The highest BCUT2D eigenvalue weighted by Gasteiger charge is 2.38. The molecule has 2 saturated heterocycles. The number of rotatable bonds is 2. The summed E-state index contributed by atoms with van der Waals surface area (Å²) in [6, 6.07) is 6.67. The molecule has 7 nitrogen and oxygen atoms in total. The SMILES string of the molecule is O=S1(=O)NC(O)CN1c1c(O)cc2ccc(C3CCNC3)cc2c1F. The minimum atomic E-state index is -4.11. The highest BCUT2D eigenvalue weighted by molar-refractivity contribution is 7.91. The average molecular weight is 367 g/mol. The van der Waals surface area contributed by atoms with Crippen LogP contribution in [-0.2, 0) is 10.2 Å². The van der Waals surface area contributed by atoms with Gasteiger partial charge in [0.2, 0.25) is 0 Å². The molecule has 2 aliphatic rings. The van der Waals surface area contributed by atoms with E-state index < -0.39 is 33.7 Å². The maximum absolute atomic E-state index is 15.1. The van der Waals surface area contributed by atoms with Crippen molar-refractivity contribution in [3.05, 3.63) is 35.6 Å². The summed E-state index contributed by atoms with van der Waals surface area (Å²) in [5, 5.41) is 23.7. The van der Waals surface area contributed by atoms with Crippen molar-refractivity contribution in [3.8, 4) is 5.75 Å². The number of phenols is 1. The fraction of sp³-hybridized carbons (Fsp3) is 0.375. The van der Waals surface area contributed by atoms with E-state index in [9.17, 15) is 18.6 Å². The van der Waals surface area contributed by atoms with Crippen LogP contribution in [-0.4, -0.2) is 44.5 Å². The number of nitrogens with one attached hydrogen (secondary N) is 2. The molecule has 4 rings (SSSR count). The fourth-order valence-electron chi connectivity index (χ4n) is 3.52. The number of aliphatic hydroxyl groups excluding tert-OH is 1. The van der Waals surface area contributed by atoms with Crippen molar-refractivity contribution in [2.45, 2.75) is 18.6 Å². The first kappa shape index (κ1) is 16.5. The van der Waals surface area contributed by atoms with E-state index in [-0.39, 0.29) is 17.8 Å². The van der Waals surface area contributed by atoms with Crippen molar-refractivity contribution < 1.29 is 23.0 Å². The number of aliphatic hydroxyl groups is 1. The van der Waals surface area contributed by atoms with Crippen molar-refractivity contribution in [2.24, 2.45) is 0 Å². The molecule has 0 radical (unpaired) electrons. The fourth-order valence-corrected chi connectivity index (χ4v) is 4.81. The number of β-amino-alcohol motifs (C(OH)–C–C–N with tert-alkyl or cyclic N) is 1. The molecule has 0 saturated carbocycles. The number of halogens is 1. The summed E-state index contributed by atoms with van der Waals surface area (Å²) in [4.78, 5) is 0. The molecule has 2 atom stereocenters. The second-order valence-corrected chi connectivity index (χ2v) is 8.02. The molecule has 25 heavy (non-hydrogen) atoms. The van der Waals surface area contributed by atoms with Crippen LogP contribution in [0.2, 0.25) is 0 Å². The van der Waals surface area contributed by atoms with E-state index in [0.29, 0.717) is 9.69 Å². The van der Waals surface area contributed by atoms with Gasteiger partial charge in [0.25, 0.3) is 0 Å². The van der Waals surface area contributed by atoms with Gasteiger partial charge in [0.15, 0.2) is 5.82 Å². The number of aromatic hydroxyl groups is 1. The Labute approximate surface area is 144 Å². The second-order valence-electron chi connectivity index (χ2n) is 6.40. The van der Waals surface area contributed by atoms with Gasteiger partial charge in [0.1, 0.15) is 17.7 Å². The first-order valence-corrected chi connectivity index (χ1v) is 9.45. The quantitative estimate of drug-likeness (QED) is 0.627. The van der Waals surface area contributed by atoms with Crippen LogP contribution in [0.1, 0.15) is 17.9 Å². The van der Waals surface area contributed by atoms with E-state index in [2.05, 4.69) is 5.32 Å². The summed E-state index contributed by atoms with van der Waals surface area (Å²) < 4.78 is 41.9. The number of hydrogen-bond acceptors (Lipinski definition) is 5. The summed E-state index contributed by atoms with van der Waals surface area (Å²) in [6.07, 6.45) is -0.398. The first-order valence-electron chi connectivity index (χ1n) is 8.01. The molecule has 0 aromatic heterocycles. The van der Waals surface area contributed by atoms with Gasteiger partial charge in [-0.1, -0.05) is 12.1 Å². The zero-order valence-corrected chi connectivity index (χ0v) is 14.1. The molecule has 2 heterocycles. The van der Waals surface area contributed by atoms with E-state index in [1.54, 1.807) is 12.1 Å². The Balaban J connectivity index is 1.87. The molecule has 0 spiro atoms.